The summed E-state index contributed by atoms with van der Waals surface area (Å²) in [6.45, 7) is 4.54. The minimum Gasteiger partial charge on any atom is -0.348 e. The van der Waals surface area contributed by atoms with E-state index >= 15 is 0 Å². The van der Waals surface area contributed by atoms with Crippen LogP contribution in [0.2, 0.25) is 0 Å². The van der Waals surface area contributed by atoms with Gasteiger partial charge in [0.05, 0.1) is 13.2 Å². The Morgan fingerprint density at radius 3 is 2.00 bits per heavy atom. The standard InChI is InChI=1S/C21H22F4O2/c1-3-5-12-10-26-21(27-11-12)16-9-8-15(19(24)20(16)25)14-7-6-13(4-2)17(22)18(14)23/h6-9,12,21H,3-5,10-11H2,1-2H3. The number of ether oxygens (including phenoxy) is 2. The van der Waals surface area contributed by atoms with Gasteiger partial charge in [0.1, 0.15) is 0 Å². The summed E-state index contributed by atoms with van der Waals surface area (Å²) in [5.74, 6) is -4.43. The third kappa shape index (κ3) is 3.87. The summed E-state index contributed by atoms with van der Waals surface area (Å²) in [7, 11) is 0. The van der Waals surface area contributed by atoms with Gasteiger partial charge in [0, 0.05) is 22.6 Å². The number of halogens is 4. The van der Waals surface area contributed by atoms with Crippen molar-refractivity contribution in [1.82, 2.24) is 0 Å². The molecule has 2 aromatic carbocycles. The summed E-state index contributed by atoms with van der Waals surface area (Å²) in [5.41, 5.74) is -0.562. The van der Waals surface area contributed by atoms with Gasteiger partial charge in [-0.2, -0.15) is 0 Å². The van der Waals surface area contributed by atoms with Crippen LogP contribution in [0.4, 0.5) is 17.6 Å². The molecule has 0 unspecified atom stereocenters. The van der Waals surface area contributed by atoms with Crippen LogP contribution in [0.1, 0.15) is 44.1 Å². The fourth-order valence-corrected chi connectivity index (χ4v) is 3.32. The van der Waals surface area contributed by atoms with Gasteiger partial charge in [-0.1, -0.05) is 44.5 Å². The molecular weight excluding hydrogens is 360 g/mol. The summed E-state index contributed by atoms with van der Waals surface area (Å²) >= 11 is 0. The van der Waals surface area contributed by atoms with Gasteiger partial charge in [0.25, 0.3) is 0 Å². The molecule has 27 heavy (non-hydrogen) atoms. The summed E-state index contributed by atoms with van der Waals surface area (Å²) in [6.07, 6.45) is 1.21. The van der Waals surface area contributed by atoms with Gasteiger partial charge >= 0.3 is 0 Å². The predicted molar refractivity (Wildman–Crippen MR) is 94.1 cm³/mol. The van der Waals surface area contributed by atoms with E-state index in [1.54, 1.807) is 6.92 Å². The zero-order valence-corrected chi connectivity index (χ0v) is 15.3. The highest BCUT2D eigenvalue weighted by molar-refractivity contribution is 5.66. The molecule has 0 bridgehead atoms. The van der Waals surface area contributed by atoms with Crippen LogP contribution in [0.5, 0.6) is 0 Å². The topological polar surface area (TPSA) is 18.5 Å². The van der Waals surface area contributed by atoms with Crippen molar-refractivity contribution in [3.8, 4) is 11.1 Å². The maximum atomic E-state index is 14.6. The van der Waals surface area contributed by atoms with E-state index in [0.29, 0.717) is 19.6 Å². The smallest absolute Gasteiger partial charge is 0.186 e. The first kappa shape index (κ1) is 19.8. The first-order chi connectivity index (χ1) is 13.0. The number of hydrogen-bond donors (Lipinski definition) is 0. The van der Waals surface area contributed by atoms with Gasteiger partial charge in [-0.25, -0.2) is 17.6 Å². The van der Waals surface area contributed by atoms with Gasteiger partial charge in [-0.15, -0.1) is 0 Å². The molecule has 2 nitrogen and oxygen atoms in total. The third-order valence-corrected chi connectivity index (χ3v) is 4.86. The average Bonchev–Trinajstić information content (AvgIpc) is 2.68. The summed E-state index contributed by atoms with van der Waals surface area (Å²) < 4.78 is 68.6. The van der Waals surface area contributed by atoms with Crippen molar-refractivity contribution in [2.75, 3.05) is 13.2 Å². The molecule has 6 heteroatoms. The lowest BCUT2D eigenvalue weighted by atomic mass is 9.99. The van der Waals surface area contributed by atoms with Gasteiger partial charge < -0.3 is 9.47 Å². The highest BCUT2D eigenvalue weighted by Gasteiger charge is 2.28. The zero-order chi connectivity index (χ0) is 19.6. The maximum Gasteiger partial charge on any atom is 0.186 e. The molecule has 0 N–H and O–H groups in total. The molecule has 0 aliphatic carbocycles. The normalized spacial score (nSPS) is 20.1. The van der Waals surface area contributed by atoms with Crippen LogP contribution in [0.15, 0.2) is 24.3 Å². The van der Waals surface area contributed by atoms with Crippen molar-refractivity contribution < 1.29 is 27.0 Å². The molecule has 0 radical (unpaired) electrons. The van der Waals surface area contributed by atoms with Crippen LogP contribution in [0.3, 0.4) is 0 Å². The van der Waals surface area contributed by atoms with E-state index in [-0.39, 0.29) is 28.2 Å². The van der Waals surface area contributed by atoms with E-state index < -0.39 is 29.6 Å². The molecule has 1 aliphatic rings. The van der Waals surface area contributed by atoms with Gasteiger partial charge in [0.15, 0.2) is 29.6 Å². The molecule has 1 fully saturated rings. The molecular formula is C21H22F4O2. The minimum absolute atomic E-state index is 0.0859. The van der Waals surface area contributed by atoms with Crippen molar-refractivity contribution in [3.63, 3.8) is 0 Å². The number of benzene rings is 2. The van der Waals surface area contributed by atoms with Crippen LogP contribution < -0.4 is 0 Å². The van der Waals surface area contributed by atoms with Crippen molar-refractivity contribution in [2.24, 2.45) is 5.92 Å². The molecule has 0 spiro atoms. The van der Waals surface area contributed by atoms with Crippen molar-refractivity contribution >= 4 is 0 Å². The summed E-state index contributed by atoms with van der Waals surface area (Å²) in [4.78, 5) is 0. The Morgan fingerprint density at radius 1 is 0.815 bits per heavy atom. The Kier molecular flexibility index (Phi) is 6.17. The minimum atomic E-state index is -1.25. The van der Waals surface area contributed by atoms with Gasteiger partial charge in [0.2, 0.25) is 0 Å². The number of rotatable bonds is 5. The van der Waals surface area contributed by atoms with E-state index in [4.69, 9.17) is 9.47 Å². The molecule has 0 aromatic heterocycles. The maximum absolute atomic E-state index is 14.6. The molecule has 0 saturated carbocycles. The first-order valence-electron chi connectivity index (χ1n) is 9.16. The van der Waals surface area contributed by atoms with E-state index in [1.807, 2.05) is 0 Å². The summed E-state index contributed by atoms with van der Waals surface area (Å²) in [5, 5.41) is 0. The fraction of sp³-hybridized carbons (Fsp3) is 0.429. The van der Waals surface area contributed by atoms with Crippen LogP contribution in [-0.4, -0.2) is 13.2 Å². The highest BCUT2D eigenvalue weighted by Crippen LogP contribution is 2.35. The molecule has 2 aromatic rings. The Hall–Kier alpha value is -1.92. The van der Waals surface area contributed by atoms with Gasteiger partial charge in [-0.3, -0.25) is 0 Å². The van der Waals surface area contributed by atoms with E-state index in [2.05, 4.69) is 6.92 Å². The number of aryl methyl sites for hydroxylation is 1. The first-order valence-corrected chi connectivity index (χ1v) is 9.16. The second-order valence-corrected chi connectivity index (χ2v) is 6.74. The molecule has 1 aliphatic heterocycles. The molecule has 1 saturated heterocycles. The highest BCUT2D eigenvalue weighted by atomic mass is 19.2. The number of hydrogen-bond acceptors (Lipinski definition) is 2. The SMILES string of the molecule is CCCC1COC(c2ccc(-c3ccc(CC)c(F)c3F)c(F)c2F)OC1. The molecule has 0 amide bonds. The quantitative estimate of drug-likeness (QED) is 0.597. The fourth-order valence-electron chi connectivity index (χ4n) is 3.32. The predicted octanol–water partition coefficient (Wildman–Crippen LogP) is 5.93. The van der Waals surface area contributed by atoms with Gasteiger partial charge in [-0.05, 0) is 18.4 Å². The van der Waals surface area contributed by atoms with Crippen LogP contribution in [0.25, 0.3) is 11.1 Å². The van der Waals surface area contributed by atoms with Crippen LogP contribution in [0, 0.1) is 29.2 Å². The van der Waals surface area contributed by atoms with Crippen molar-refractivity contribution in [2.45, 2.75) is 39.4 Å². The van der Waals surface area contributed by atoms with E-state index in [1.165, 1.54) is 24.3 Å². The Labute approximate surface area is 156 Å². The summed E-state index contributed by atoms with van der Waals surface area (Å²) in [6, 6.07) is 5.16. The Balaban J connectivity index is 1.89. The molecule has 3 rings (SSSR count). The van der Waals surface area contributed by atoms with E-state index in [0.717, 1.165) is 12.8 Å². The average molecular weight is 382 g/mol. The molecule has 146 valence electrons. The van der Waals surface area contributed by atoms with E-state index in [9.17, 15) is 17.6 Å². The Bertz CT molecular complexity index is 814. The lowest BCUT2D eigenvalue weighted by molar-refractivity contribution is -0.207. The van der Waals surface area contributed by atoms with Crippen LogP contribution >= 0.6 is 0 Å². The van der Waals surface area contributed by atoms with Crippen molar-refractivity contribution in [1.29, 1.82) is 0 Å². The zero-order valence-electron chi connectivity index (χ0n) is 15.3. The second-order valence-electron chi connectivity index (χ2n) is 6.74. The third-order valence-electron chi connectivity index (χ3n) is 4.86. The second kappa shape index (κ2) is 8.40. The Morgan fingerprint density at radius 2 is 1.41 bits per heavy atom. The lowest BCUT2D eigenvalue weighted by Crippen LogP contribution is -2.27. The molecule has 0 atom stereocenters. The van der Waals surface area contributed by atoms with Crippen molar-refractivity contribution in [3.05, 3.63) is 58.7 Å². The largest absolute Gasteiger partial charge is 0.348 e. The monoisotopic (exact) mass is 382 g/mol. The molecule has 1 heterocycles. The van der Waals surface area contributed by atoms with Crippen LogP contribution in [-0.2, 0) is 15.9 Å². The lowest BCUT2D eigenvalue weighted by Gasteiger charge is -2.29.